The van der Waals surface area contributed by atoms with Crippen molar-refractivity contribution in [1.82, 2.24) is 34.7 Å². The number of piperidine rings is 1. The first kappa shape index (κ1) is 26.9. The summed E-state index contributed by atoms with van der Waals surface area (Å²) in [7, 11) is 1.42. The van der Waals surface area contributed by atoms with Crippen molar-refractivity contribution in [1.29, 1.82) is 0 Å². The number of anilines is 3. The Kier molecular flexibility index (Phi) is 7.25. The molecule has 0 aliphatic carbocycles. The van der Waals surface area contributed by atoms with E-state index < -0.39 is 23.4 Å². The molecule has 3 aromatic rings. The molecule has 12 nitrogen and oxygen atoms in total. The molecule has 3 N–H and O–H groups in total. The van der Waals surface area contributed by atoms with Gasteiger partial charge in [-0.15, -0.1) is 0 Å². The van der Waals surface area contributed by atoms with Crippen LogP contribution in [0.5, 0.6) is 5.75 Å². The number of fused-ring (bicyclic) bond motifs is 1. The van der Waals surface area contributed by atoms with E-state index in [1.165, 1.54) is 20.0 Å². The fourth-order valence-corrected chi connectivity index (χ4v) is 5.56. The van der Waals surface area contributed by atoms with E-state index in [1.807, 2.05) is 0 Å². The molecule has 2 saturated heterocycles. The highest BCUT2D eigenvalue weighted by molar-refractivity contribution is 5.63. The lowest BCUT2D eigenvalue weighted by Crippen LogP contribution is -2.55. The van der Waals surface area contributed by atoms with Crippen LogP contribution < -0.4 is 21.1 Å². The van der Waals surface area contributed by atoms with Crippen LogP contribution in [0.2, 0.25) is 0 Å². The van der Waals surface area contributed by atoms with Gasteiger partial charge in [0.05, 0.1) is 18.0 Å². The van der Waals surface area contributed by atoms with Crippen LogP contribution >= 0.6 is 0 Å². The second-order valence-corrected chi connectivity index (χ2v) is 10.9. The number of aliphatic hydroxyl groups excluding tert-OH is 1. The zero-order chi connectivity index (χ0) is 27.9. The summed E-state index contributed by atoms with van der Waals surface area (Å²) in [4.78, 5) is 23.3. The van der Waals surface area contributed by atoms with E-state index in [4.69, 9.17) is 4.74 Å². The first-order valence-electron chi connectivity index (χ1n) is 13.0. The maximum absolute atomic E-state index is 15.1. The number of aryl methyl sites for hydroxylation is 1. The molecular formula is C25H33F2N9O3. The molecule has 0 radical (unpaired) electrons. The lowest BCUT2D eigenvalue weighted by molar-refractivity contribution is 0.0500. The molecule has 2 fully saturated rings. The van der Waals surface area contributed by atoms with Crippen LogP contribution in [0, 0.1) is 11.6 Å². The Morgan fingerprint density at radius 1 is 1.26 bits per heavy atom. The summed E-state index contributed by atoms with van der Waals surface area (Å²) in [6, 6.07) is 2.82. The molecule has 5 rings (SSSR count). The smallest absolute Gasteiger partial charge is 0.368 e. The van der Waals surface area contributed by atoms with Gasteiger partial charge in [0.2, 0.25) is 5.95 Å². The number of hydrogen-bond acceptors (Lipinski definition) is 10. The Morgan fingerprint density at radius 3 is 2.77 bits per heavy atom. The van der Waals surface area contributed by atoms with Gasteiger partial charge in [-0.2, -0.15) is 14.3 Å². The standard InChI is InChI=1S/C25H33F2N9O3/c1-14(37)13-39-21-9-17(26)19(10-20(21)36-24(38)34(4)32-33-36)30-23-28-12-18(27)22(31-23)29-15-8-16-6-5-7-35(16)25(2,3)11-15/h9-10,12,14-16,37H,5-8,11,13H2,1-4H3,(H2,28,29,30,31). The third-order valence-electron chi connectivity index (χ3n) is 7.27. The van der Waals surface area contributed by atoms with E-state index in [1.54, 1.807) is 0 Å². The van der Waals surface area contributed by atoms with Gasteiger partial charge in [-0.3, -0.25) is 4.90 Å². The summed E-state index contributed by atoms with van der Waals surface area (Å²) in [5.74, 6) is -1.38. The van der Waals surface area contributed by atoms with Crippen molar-refractivity contribution < 1.29 is 18.6 Å². The normalized spacial score (nSPS) is 21.4. The van der Waals surface area contributed by atoms with Gasteiger partial charge >= 0.3 is 5.69 Å². The molecule has 210 valence electrons. The molecule has 2 aliphatic rings. The first-order valence-corrected chi connectivity index (χ1v) is 13.0. The Labute approximate surface area is 224 Å². The van der Waals surface area contributed by atoms with Gasteiger partial charge in [0.15, 0.2) is 17.5 Å². The summed E-state index contributed by atoms with van der Waals surface area (Å²) in [6.07, 6.45) is 4.19. The predicted octanol–water partition coefficient (Wildman–Crippen LogP) is 2.35. The summed E-state index contributed by atoms with van der Waals surface area (Å²) in [5.41, 5.74) is -0.610. The van der Waals surface area contributed by atoms with Crippen molar-refractivity contribution in [2.45, 2.75) is 70.2 Å². The van der Waals surface area contributed by atoms with E-state index in [0.29, 0.717) is 6.04 Å². The minimum Gasteiger partial charge on any atom is -0.489 e. The van der Waals surface area contributed by atoms with Crippen molar-refractivity contribution in [3.8, 4) is 11.4 Å². The largest absolute Gasteiger partial charge is 0.489 e. The molecular weight excluding hydrogens is 512 g/mol. The fourth-order valence-electron chi connectivity index (χ4n) is 5.56. The first-order chi connectivity index (χ1) is 18.5. The summed E-state index contributed by atoms with van der Waals surface area (Å²) >= 11 is 0. The Morgan fingerprint density at radius 2 is 2.05 bits per heavy atom. The van der Waals surface area contributed by atoms with Crippen LogP contribution in [0.1, 0.15) is 46.5 Å². The van der Waals surface area contributed by atoms with Gasteiger partial charge in [0.1, 0.15) is 18.0 Å². The second-order valence-electron chi connectivity index (χ2n) is 10.9. The average molecular weight is 546 g/mol. The number of aliphatic hydroxyl groups is 1. The van der Waals surface area contributed by atoms with Gasteiger partial charge in [0, 0.05) is 30.7 Å². The van der Waals surface area contributed by atoms with E-state index in [0.717, 1.165) is 53.9 Å². The second kappa shape index (κ2) is 10.5. The van der Waals surface area contributed by atoms with Gasteiger partial charge in [-0.05, 0) is 69.5 Å². The molecule has 14 heteroatoms. The van der Waals surface area contributed by atoms with E-state index in [2.05, 4.69) is 49.8 Å². The molecule has 2 aliphatic heterocycles. The van der Waals surface area contributed by atoms with Crippen LogP contribution in [0.25, 0.3) is 5.69 Å². The molecule has 1 aromatic carbocycles. The molecule has 0 spiro atoms. The van der Waals surface area contributed by atoms with Gasteiger partial charge in [-0.25, -0.2) is 18.6 Å². The summed E-state index contributed by atoms with van der Waals surface area (Å²) in [5, 5.41) is 23.1. The fraction of sp³-hybridized carbons (Fsp3) is 0.560. The highest BCUT2D eigenvalue weighted by Crippen LogP contribution is 2.38. The molecule has 3 unspecified atom stereocenters. The number of nitrogens with zero attached hydrogens (tertiary/aromatic N) is 7. The predicted molar refractivity (Wildman–Crippen MR) is 139 cm³/mol. The van der Waals surface area contributed by atoms with E-state index in [9.17, 15) is 14.3 Å². The van der Waals surface area contributed by atoms with Gasteiger partial charge < -0.3 is 20.5 Å². The Bertz CT molecular complexity index is 1410. The third kappa shape index (κ3) is 5.57. The highest BCUT2D eigenvalue weighted by atomic mass is 19.1. The van der Waals surface area contributed by atoms with Gasteiger partial charge in [0.25, 0.3) is 0 Å². The molecule has 0 saturated carbocycles. The van der Waals surface area contributed by atoms with Crippen LogP contribution in [0.4, 0.5) is 26.2 Å². The van der Waals surface area contributed by atoms with Crippen LogP contribution in [-0.4, -0.2) is 76.6 Å². The number of aromatic nitrogens is 6. The number of ether oxygens (including phenoxy) is 1. The zero-order valence-electron chi connectivity index (χ0n) is 22.4. The maximum Gasteiger partial charge on any atom is 0.368 e. The lowest BCUT2D eigenvalue weighted by atomic mass is 9.84. The molecule has 2 aromatic heterocycles. The summed E-state index contributed by atoms with van der Waals surface area (Å²) < 4.78 is 37.4. The topological polar surface area (TPSA) is 135 Å². The monoisotopic (exact) mass is 545 g/mol. The molecule has 0 bridgehead atoms. The number of hydrogen-bond donors (Lipinski definition) is 3. The quantitative estimate of drug-likeness (QED) is 0.387. The lowest BCUT2D eigenvalue weighted by Gasteiger charge is -2.47. The van der Waals surface area contributed by atoms with Crippen molar-refractivity contribution in [2.24, 2.45) is 7.05 Å². The molecule has 39 heavy (non-hydrogen) atoms. The van der Waals surface area contributed by atoms with Crippen LogP contribution in [0.3, 0.4) is 0 Å². The molecule has 3 atom stereocenters. The minimum atomic E-state index is -0.831. The number of nitrogens with one attached hydrogen (secondary N) is 2. The number of rotatable bonds is 8. The average Bonchev–Trinajstić information content (AvgIpc) is 3.48. The number of benzene rings is 1. The molecule has 4 heterocycles. The van der Waals surface area contributed by atoms with Gasteiger partial charge in [-0.1, -0.05) is 0 Å². The Balaban J connectivity index is 1.41. The van der Waals surface area contributed by atoms with E-state index >= 15 is 4.39 Å². The van der Waals surface area contributed by atoms with E-state index in [-0.39, 0.29) is 47.1 Å². The van der Waals surface area contributed by atoms with Crippen molar-refractivity contribution >= 4 is 17.5 Å². The van der Waals surface area contributed by atoms with Crippen LogP contribution in [0.15, 0.2) is 23.1 Å². The maximum atomic E-state index is 15.1. The number of tetrazole rings is 1. The minimum absolute atomic E-state index is 0.0166. The van der Waals surface area contributed by atoms with Crippen molar-refractivity contribution in [3.63, 3.8) is 0 Å². The molecule has 0 amide bonds. The summed E-state index contributed by atoms with van der Waals surface area (Å²) in [6.45, 7) is 6.87. The van der Waals surface area contributed by atoms with Crippen LogP contribution in [-0.2, 0) is 7.05 Å². The van der Waals surface area contributed by atoms with Crippen molar-refractivity contribution in [3.05, 3.63) is 40.4 Å². The van der Waals surface area contributed by atoms with Crippen molar-refractivity contribution in [2.75, 3.05) is 23.8 Å². The Hall–Kier alpha value is -3.65. The zero-order valence-corrected chi connectivity index (χ0v) is 22.4. The SMILES string of the molecule is CC(O)COc1cc(F)c(Nc2ncc(F)c(NC3CC4CCCN4C(C)(C)C3)n2)cc1-n1nnn(C)c1=O. The third-order valence-corrected chi connectivity index (χ3v) is 7.27. The highest BCUT2D eigenvalue weighted by Gasteiger charge is 2.43. The number of halogens is 2.